The average Bonchev–Trinajstić information content (AvgIpc) is 3.11. The summed E-state index contributed by atoms with van der Waals surface area (Å²) in [5, 5.41) is 0. The smallest absolute Gasteiger partial charge is 0.0292 e. The number of rotatable bonds is 5. The Balaban J connectivity index is 1.44. The maximum atomic E-state index is 2.67. The minimum atomic E-state index is 0.754. The molecule has 4 saturated carbocycles. The molecule has 0 aromatic carbocycles. The zero-order valence-corrected chi connectivity index (χ0v) is 13.0. The normalized spacial score (nSPS) is 54.0. The van der Waals surface area contributed by atoms with E-state index in [1.165, 1.54) is 49.4 Å². The van der Waals surface area contributed by atoms with Crippen molar-refractivity contribution < 1.29 is 0 Å². The van der Waals surface area contributed by atoms with Gasteiger partial charge in [-0.2, -0.15) is 0 Å². The molecule has 0 heterocycles. The molecule has 4 fully saturated rings. The van der Waals surface area contributed by atoms with E-state index in [9.17, 15) is 0 Å². The second-order valence-electron chi connectivity index (χ2n) is 8.76. The van der Waals surface area contributed by atoms with Crippen LogP contribution in [-0.2, 0) is 0 Å². The van der Waals surface area contributed by atoms with E-state index in [1.54, 1.807) is 38.5 Å². The Bertz CT molecular complexity index is 346. The summed E-state index contributed by atoms with van der Waals surface area (Å²) in [5.74, 6) is 7.02. The molecule has 7 unspecified atom stereocenters. The molecule has 0 radical (unpaired) electrons. The van der Waals surface area contributed by atoms with Gasteiger partial charge in [0.2, 0.25) is 0 Å². The third-order valence-electron chi connectivity index (χ3n) is 7.84. The van der Waals surface area contributed by atoms with Gasteiger partial charge in [0, 0.05) is 0 Å². The lowest BCUT2D eigenvalue weighted by molar-refractivity contribution is 0.0386. The van der Waals surface area contributed by atoms with Gasteiger partial charge in [-0.05, 0) is 79.4 Å². The highest BCUT2D eigenvalue weighted by molar-refractivity contribution is 5.13. The third-order valence-corrected chi connectivity index (χ3v) is 7.84. The molecule has 7 atom stereocenters. The fraction of sp³-hybridized carbons (Fsp3) is 1.00. The molecule has 4 aliphatic rings. The van der Waals surface area contributed by atoms with Crippen molar-refractivity contribution in [2.24, 2.45) is 40.9 Å². The number of hydrogen-bond acceptors (Lipinski definition) is 0. The Morgan fingerprint density at radius 2 is 1.68 bits per heavy atom. The predicted octanol–water partition coefficient (Wildman–Crippen LogP) is 5.67. The van der Waals surface area contributed by atoms with Gasteiger partial charge in [-0.25, -0.2) is 0 Å². The summed E-state index contributed by atoms with van der Waals surface area (Å²) >= 11 is 0. The summed E-state index contributed by atoms with van der Waals surface area (Å²) in [6, 6.07) is 0. The molecule has 4 rings (SSSR count). The van der Waals surface area contributed by atoms with Crippen LogP contribution >= 0.6 is 0 Å². The van der Waals surface area contributed by atoms with Crippen LogP contribution in [0.1, 0.15) is 78.1 Å². The lowest BCUT2D eigenvalue weighted by Gasteiger charge is -2.45. The van der Waals surface area contributed by atoms with Gasteiger partial charge in [0.1, 0.15) is 0 Å². The Morgan fingerprint density at radius 1 is 0.895 bits per heavy atom. The van der Waals surface area contributed by atoms with Crippen LogP contribution in [0.5, 0.6) is 0 Å². The van der Waals surface area contributed by atoms with E-state index in [1.807, 2.05) is 0 Å². The zero-order valence-electron chi connectivity index (χ0n) is 13.0. The highest BCUT2D eigenvalue weighted by Crippen LogP contribution is 2.72. The van der Waals surface area contributed by atoms with Crippen molar-refractivity contribution in [3.63, 3.8) is 0 Å². The molecule has 19 heavy (non-hydrogen) atoms. The average molecular weight is 260 g/mol. The SMILES string of the molecule is CCCCCCC1(C)CC2CC1C1C3CCC(C3)C21. The van der Waals surface area contributed by atoms with Crippen molar-refractivity contribution in [1.82, 2.24) is 0 Å². The van der Waals surface area contributed by atoms with Gasteiger partial charge in [0.25, 0.3) is 0 Å². The van der Waals surface area contributed by atoms with Crippen molar-refractivity contribution in [1.29, 1.82) is 0 Å². The van der Waals surface area contributed by atoms with Crippen LogP contribution in [0.15, 0.2) is 0 Å². The summed E-state index contributed by atoms with van der Waals surface area (Å²) in [5.41, 5.74) is 0.754. The molecule has 4 bridgehead atoms. The summed E-state index contributed by atoms with van der Waals surface area (Å²) in [4.78, 5) is 0. The Labute approximate surface area is 119 Å². The van der Waals surface area contributed by atoms with E-state index < -0.39 is 0 Å². The van der Waals surface area contributed by atoms with Crippen molar-refractivity contribution in [2.45, 2.75) is 78.1 Å². The number of fused-ring (bicyclic) bond motifs is 9. The Morgan fingerprint density at radius 3 is 2.47 bits per heavy atom. The highest BCUT2D eigenvalue weighted by atomic mass is 14.7. The standard InChI is InChI=1S/C19H32/c1-3-4-5-6-9-19(2)12-15-11-16(19)18-14-8-7-13(10-14)17(15)18/h13-18H,3-12H2,1-2H3. The van der Waals surface area contributed by atoms with E-state index >= 15 is 0 Å². The fourth-order valence-electron chi connectivity index (χ4n) is 7.28. The molecule has 0 aromatic rings. The molecule has 0 N–H and O–H groups in total. The van der Waals surface area contributed by atoms with E-state index in [0.29, 0.717) is 0 Å². The lowest BCUT2D eigenvalue weighted by atomic mass is 9.60. The first-order chi connectivity index (χ1) is 9.23. The van der Waals surface area contributed by atoms with E-state index in [-0.39, 0.29) is 0 Å². The molecule has 4 aliphatic carbocycles. The van der Waals surface area contributed by atoms with Crippen molar-refractivity contribution >= 4 is 0 Å². The highest BCUT2D eigenvalue weighted by Gasteiger charge is 2.64. The maximum Gasteiger partial charge on any atom is -0.0292 e. The molecule has 0 saturated heterocycles. The quantitative estimate of drug-likeness (QED) is 0.441. The fourth-order valence-corrected chi connectivity index (χ4v) is 7.28. The largest absolute Gasteiger partial charge is 0.0654 e. The minimum Gasteiger partial charge on any atom is -0.0654 e. The van der Waals surface area contributed by atoms with E-state index in [0.717, 1.165) is 17.3 Å². The summed E-state index contributed by atoms with van der Waals surface area (Å²) in [6.07, 6.45) is 15.5. The molecule has 0 aromatic heterocycles. The number of hydrogen-bond donors (Lipinski definition) is 0. The second kappa shape index (κ2) is 4.50. The van der Waals surface area contributed by atoms with E-state index in [2.05, 4.69) is 13.8 Å². The van der Waals surface area contributed by atoms with Gasteiger partial charge < -0.3 is 0 Å². The van der Waals surface area contributed by atoms with Gasteiger partial charge in [-0.3, -0.25) is 0 Å². The Kier molecular flexibility index (Phi) is 3.01. The van der Waals surface area contributed by atoms with E-state index in [4.69, 9.17) is 0 Å². The van der Waals surface area contributed by atoms with Crippen LogP contribution in [0.2, 0.25) is 0 Å². The predicted molar refractivity (Wildman–Crippen MR) is 80.9 cm³/mol. The van der Waals surface area contributed by atoms with Crippen molar-refractivity contribution in [3.05, 3.63) is 0 Å². The molecule has 0 spiro atoms. The summed E-state index contributed by atoms with van der Waals surface area (Å²) in [6.45, 7) is 5.00. The molecule has 0 aliphatic heterocycles. The van der Waals surface area contributed by atoms with Crippen LogP contribution < -0.4 is 0 Å². The van der Waals surface area contributed by atoms with Crippen LogP contribution in [0.25, 0.3) is 0 Å². The maximum absolute atomic E-state index is 2.67. The van der Waals surface area contributed by atoms with Gasteiger partial charge in [0.15, 0.2) is 0 Å². The summed E-state index contributed by atoms with van der Waals surface area (Å²) < 4.78 is 0. The van der Waals surface area contributed by atoms with Crippen LogP contribution in [0, 0.1) is 40.9 Å². The van der Waals surface area contributed by atoms with Crippen molar-refractivity contribution in [2.75, 3.05) is 0 Å². The van der Waals surface area contributed by atoms with Crippen LogP contribution in [-0.4, -0.2) is 0 Å². The van der Waals surface area contributed by atoms with Gasteiger partial charge >= 0.3 is 0 Å². The topological polar surface area (TPSA) is 0 Å². The molecule has 0 nitrogen and oxygen atoms in total. The zero-order chi connectivity index (χ0) is 13.0. The minimum absolute atomic E-state index is 0.754. The van der Waals surface area contributed by atoms with Gasteiger partial charge in [0.05, 0.1) is 0 Å². The van der Waals surface area contributed by atoms with Gasteiger partial charge in [-0.15, -0.1) is 0 Å². The third kappa shape index (κ3) is 1.77. The van der Waals surface area contributed by atoms with Crippen molar-refractivity contribution in [3.8, 4) is 0 Å². The first-order valence-corrected chi connectivity index (χ1v) is 9.23. The Hall–Kier alpha value is 0. The number of unbranched alkanes of at least 4 members (excludes halogenated alkanes) is 3. The van der Waals surface area contributed by atoms with Crippen LogP contribution in [0.3, 0.4) is 0 Å². The van der Waals surface area contributed by atoms with Crippen LogP contribution in [0.4, 0.5) is 0 Å². The summed E-state index contributed by atoms with van der Waals surface area (Å²) in [7, 11) is 0. The monoisotopic (exact) mass is 260 g/mol. The lowest BCUT2D eigenvalue weighted by Crippen LogP contribution is -2.38. The van der Waals surface area contributed by atoms with Gasteiger partial charge in [-0.1, -0.05) is 39.5 Å². The molecular weight excluding hydrogens is 228 g/mol. The second-order valence-corrected chi connectivity index (χ2v) is 8.76. The molecular formula is C19H32. The first-order valence-electron chi connectivity index (χ1n) is 9.23. The molecule has 0 amide bonds. The molecule has 0 heteroatoms. The molecule has 108 valence electrons. The first kappa shape index (κ1) is 12.7.